The van der Waals surface area contributed by atoms with Crippen molar-refractivity contribution in [1.82, 2.24) is 0 Å². The zero-order valence-corrected chi connectivity index (χ0v) is 12.7. The van der Waals surface area contributed by atoms with E-state index in [2.05, 4.69) is 4.74 Å². The number of ether oxygens (including phenoxy) is 4. The zero-order chi connectivity index (χ0) is 17.1. The molecule has 0 aliphatic rings. The molecule has 0 saturated carbocycles. The van der Waals surface area contributed by atoms with Crippen molar-refractivity contribution in [1.29, 1.82) is 0 Å². The predicted octanol–water partition coefficient (Wildman–Crippen LogP) is 2.57. The largest absolute Gasteiger partial charge is 0.497 e. The van der Waals surface area contributed by atoms with E-state index in [1.807, 2.05) is 0 Å². The number of methoxy groups -OCH3 is 3. The van der Waals surface area contributed by atoms with Crippen LogP contribution < -0.4 is 14.2 Å². The van der Waals surface area contributed by atoms with Gasteiger partial charge in [-0.25, -0.2) is 4.79 Å². The molecule has 0 amide bonds. The summed E-state index contributed by atoms with van der Waals surface area (Å²) >= 11 is 0. The van der Waals surface area contributed by atoms with E-state index in [4.69, 9.17) is 15.6 Å². The Morgan fingerprint density at radius 3 is 2.32 bits per heavy atom. The summed E-state index contributed by atoms with van der Waals surface area (Å²) < 4.78 is 28.6. The molecule has 0 aromatic heterocycles. The number of hydrogen-bond acceptors (Lipinski definition) is 6. The van der Waals surface area contributed by atoms with Crippen molar-refractivity contribution in [2.75, 3.05) is 21.3 Å². The highest BCUT2D eigenvalue weighted by molar-refractivity contribution is 6.02. The maximum atomic E-state index is 11.9. The van der Waals surface area contributed by atoms with Crippen molar-refractivity contribution in [3.63, 3.8) is 0 Å². The monoisotopic (exact) mass is 305 g/mol. The number of carbonyl (C=O) groups is 2. The third-order valence-corrected chi connectivity index (χ3v) is 2.98. The molecule has 6 heteroatoms. The molecule has 0 aliphatic heterocycles. The van der Waals surface area contributed by atoms with Gasteiger partial charge < -0.3 is 18.9 Å². The molecule has 0 atom stereocenters. The van der Waals surface area contributed by atoms with Gasteiger partial charge in [0.1, 0.15) is 17.2 Å². The molecular weight excluding hydrogens is 288 g/mol. The van der Waals surface area contributed by atoms with Gasteiger partial charge in [0.05, 0.1) is 33.6 Å². The molecule has 2 aromatic rings. The second kappa shape index (κ2) is 6.34. The van der Waals surface area contributed by atoms with Gasteiger partial charge in [-0.2, -0.15) is 0 Å². The Bertz CT molecular complexity index is 784. The van der Waals surface area contributed by atoms with Crippen LogP contribution in [0.15, 0.2) is 24.2 Å². The summed E-state index contributed by atoms with van der Waals surface area (Å²) in [5, 5.41) is 0.751. The lowest BCUT2D eigenvalue weighted by molar-refractivity contribution is -0.131. The molecule has 6 nitrogen and oxygen atoms in total. The highest BCUT2D eigenvalue weighted by Gasteiger charge is 2.17. The average Bonchev–Trinajstić information content (AvgIpc) is 2.55. The highest BCUT2D eigenvalue weighted by atomic mass is 16.5. The Balaban J connectivity index is 2.91. The van der Waals surface area contributed by atoms with Crippen molar-refractivity contribution in [2.24, 2.45) is 0 Å². The van der Waals surface area contributed by atoms with E-state index in [0.717, 1.165) is 0 Å². The SMILES string of the molecule is [2H]c1c(C(=O)OC)cc(OC(C)=O)c2c(OC)cc(OC)cc12. The number of hydrogen-bond donors (Lipinski definition) is 0. The Kier molecular flexibility index (Phi) is 4.09. The number of fused-ring (bicyclic) bond motifs is 1. The van der Waals surface area contributed by atoms with Gasteiger partial charge in [0.25, 0.3) is 0 Å². The molecule has 0 saturated heterocycles. The van der Waals surface area contributed by atoms with E-state index in [9.17, 15) is 9.59 Å². The molecule has 0 aliphatic carbocycles. The van der Waals surface area contributed by atoms with Crippen molar-refractivity contribution >= 4 is 22.7 Å². The number of benzene rings is 2. The van der Waals surface area contributed by atoms with Gasteiger partial charge in [-0.3, -0.25) is 4.79 Å². The van der Waals surface area contributed by atoms with Crippen LogP contribution in [-0.2, 0) is 9.53 Å². The normalized spacial score (nSPS) is 10.8. The highest BCUT2D eigenvalue weighted by Crippen LogP contribution is 2.38. The summed E-state index contributed by atoms with van der Waals surface area (Å²) in [5.74, 6) is -0.340. The minimum absolute atomic E-state index is 0.0217. The first-order chi connectivity index (χ1) is 10.9. The summed E-state index contributed by atoms with van der Waals surface area (Å²) in [5.41, 5.74) is -0.0217. The molecule has 2 rings (SSSR count). The summed E-state index contributed by atoms with van der Waals surface area (Å²) in [6.07, 6.45) is 0. The smallest absolute Gasteiger partial charge is 0.338 e. The van der Waals surface area contributed by atoms with Gasteiger partial charge >= 0.3 is 11.9 Å². The van der Waals surface area contributed by atoms with Crippen LogP contribution in [0.2, 0.25) is 0 Å². The summed E-state index contributed by atoms with van der Waals surface area (Å²) in [6.45, 7) is 1.24. The van der Waals surface area contributed by atoms with E-state index >= 15 is 0 Å². The van der Waals surface area contributed by atoms with Gasteiger partial charge in [0.15, 0.2) is 0 Å². The van der Waals surface area contributed by atoms with E-state index in [-0.39, 0.29) is 17.4 Å². The van der Waals surface area contributed by atoms with Crippen LogP contribution >= 0.6 is 0 Å². The van der Waals surface area contributed by atoms with Crippen molar-refractivity contribution in [3.8, 4) is 17.2 Å². The fourth-order valence-electron chi connectivity index (χ4n) is 2.06. The topological polar surface area (TPSA) is 71.1 Å². The van der Waals surface area contributed by atoms with Gasteiger partial charge in [-0.05, 0) is 23.6 Å². The zero-order valence-electron chi connectivity index (χ0n) is 13.7. The van der Waals surface area contributed by atoms with E-state index in [0.29, 0.717) is 22.3 Å². The molecule has 0 N–H and O–H groups in total. The Morgan fingerprint density at radius 2 is 1.77 bits per heavy atom. The summed E-state index contributed by atoms with van der Waals surface area (Å²) in [6, 6.07) is 4.40. The second-order valence-electron chi connectivity index (χ2n) is 4.38. The molecule has 0 spiro atoms. The maximum absolute atomic E-state index is 11.9. The molecule has 0 radical (unpaired) electrons. The summed E-state index contributed by atoms with van der Waals surface area (Å²) in [7, 11) is 4.13. The van der Waals surface area contributed by atoms with Crippen LogP contribution in [0.4, 0.5) is 0 Å². The summed E-state index contributed by atoms with van der Waals surface area (Å²) in [4.78, 5) is 23.2. The quantitative estimate of drug-likeness (QED) is 0.638. The van der Waals surface area contributed by atoms with Crippen molar-refractivity contribution < 1.29 is 29.9 Å². The fraction of sp³-hybridized carbons (Fsp3) is 0.250. The fourth-order valence-corrected chi connectivity index (χ4v) is 2.06. The number of rotatable bonds is 4. The minimum Gasteiger partial charge on any atom is -0.497 e. The average molecular weight is 305 g/mol. The van der Waals surface area contributed by atoms with E-state index in [1.165, 1.54) is 34.3 Å². The van der Waals surface area contributed by atoms with Crippen LogP contribution in [0.5, 0.6) is 17.2 Å². The predicted molar refractivity (Wildman–Crippen MR) is 79.7 cm³/mol. The van der Waals surface area contributed by atoms with E-state index < -0.39 is 11.9 Å². The Morgan fingerprint density at radius 1 is 1.05 bits per heavy atom. The van der Waals surface area contributed by atoms with Crippen LogP contribution in [-0.4, -0.2) is 33.3 Å². The first kappa shape index (κ1) is 14.2. The molecular formula is C16H16O6. The molecule has 0 bridgehead atoms. The first-order valence-electron chi connectivity index (χ1n) is 6.89. The lowest BCUT2D eigenvalue weighted by Gasteiger charge is -2.13. The standard InChI is InChI=1S/C16H16O6/c1-9(17)22-14-7-11(16(18)21-4)5-10-6-12(19-2)8-13(20-3)15(10)14/h5-8H,1-4H3/i5D. The molecule has 0 unspecified atom stereocenters. The number of carbonyl (C=O) groups excluding carboxylic acids is 2. The van der Waals surface area contributed by atoms with E-state index in [1.54, 1.807) is 12.1 Å². The molecule has 0 heterocycles. The van der Waals surface area contributed by atoms with Gasteiger partial charge in [-0.15, -0.1) is 0 Å². The van der Waals surface area contributed by atoms with Crippen molar-refractivity contribution in [2.45, 2.75) is 6.92 Å². The third kappa shape index (κ3) is 2.95. The minimum atomic E-state index is -0.702. The maximum Gasteiger partial charge on any atom is 0.338 e. The lowest BCUT2D eigenvalue weighted by atomic mass is 10.0. The van der Waals surface area contributed by atoms with Gasteiger partial charge in [-0.1, -0.05) is 0 Å². The Hall–Kier alpha value is -2.76. The lowest BCUT2D eigenvalue weighted by Crippen LogP contribution is -2.06. The first-order valence-corrected chi connectivity index (χ1v) is 6.39. The number of esters is 2. The van der Waals surface area contributed by atoms with Crippen LogP contribution in [0.25, 0.3) is 10.8 Å². The van der Waals surface area contributed by atoms with Crippen LogP contribution in [0, 0.1) is 0 Å². The Labute approximate surface area is 128 Å². The molecule has 2 aromatic carbocycles. The van der Waals surface area contributed by atoms with Gasteiger partial charge in [0.2, 0.25) is 0 Å². The molecule has 116 valence electrons. The second-order valence-corrected chi connectivity index (χ2v) is 4.38. The molecule has 0 fully saturated rings. The molecule has 22 heavy (non-hydrogen) atoms. The van der Waals surface area contributed by atoms with Crippen molar-refractivity contribution in [3.05, 3.63) is 29.8 Å². The van der Waals surface area contributed by atoms with Crippen LogP contribution in [0.3, 0.4) is 0 Å². The third-order valence-electron chi connectivity index (χ3n) is 2.98. The van der Waals surface area contributed by atoms with Gasteiger partial charge in [0, 0.05) is 13.0 Å². The van der Waals surface area contributed by atoms with Crippen LogP contribution in [0.1, 0.15) is 18.7 Å².